The molecule has 0 aromatic heterocycles. The van der Waals surface area contributed by atoms with Gasteiger partial charge in [0, 0.05) is 16.7 Å². The van der Waals surface area contributed by atoms with Crippen LogP contribution >= 0.6 is 22.6 Å². The molecule has 1 atom stereocenters. The number of hydrogen-bond acceptors (Lipinski definition) is 2. The lowest BCUT2D eigenvalue weighted by Gasteiger charge is -2.26. The fourth-order valence-corrected chi connectivity index (χ4v) is 3.93. The first-order valence-corrected chi connectivity index (χ1v) is 9.71. The van der Waals surface area contributed by atoms with E-state index in [1.165, 1.54) is 5.56 Å². The van der Waals surface area contributed by atoms with Gasteiger partial charge < -0.3 is 9.47 Å². The molecule has 0 saturated carbocycles. The highest BCUT2D eigenvalue weighted by Crippen LogP contribution is 2.43. The molecule has 3 aromatic rings. The van der Waals surface area contributed by atoms with E-state index in [0.29, 0.717) is 0 Å². The van der Waals surface area contributed by atoms with E-state index < -0.39 is 0 Å². The van der Waals surface area contributed by atoms with Crippen molar-refractivity contribution in [1.29, 1.82) is 0 Å². The van der Waals surface area contributed by atoms with Gasteiger partial charge in [-0.2, -0.15) is 0 Å². The molecule has 4 rings (SSSR count). The zero-order valence-corrected chi connectivity index (χ0v) is 16.9. The molecule has 2 nitrogen and oxygen atoms in total. The van der Waals surface area contributed by atoms with Crippen LogP contribution in [0, 0.1) is 11.8 Å². The maximum absolute atomic E-state index is 6.36. The van der Waals surface area contributed by atoms with Crippen LogP contribution in [0.4, 0.5) is 0 Å². The van der Waals surface area contributed by atoms with Crippen LogP contribution in [0.1, 0.15) is 28.4 Å². The number of hydrogen-bond donors (Lipinski definition) is 0. The lowest BCUT2D eigenvalue weighted by molar-refractivity contribution is 0.222. The summed E-state index contributed by atoms with van der Waals surface area (Å²) in [5, 5.41) is 0. The van der Waals surface area contributed by atoms with Crippen molar-refractivity contribution in [1.82, 2.24) is 0 Å². The molecule has 27 heavy (non-hydrogen) atoms. The van der Waals surface area contributed by atoms with Gasteiger partial charge in [-0.1, -0.05) is 48.4 Å². The Labute approximate surface area is 173 Å². The van der Waals surface area contributed by atoms with E-state index in [1.54, 1.807) is 7.11 Å². The topological polar surface area (TPSA) is 18.5 Å². The Morgan fingerprint density at radius 1 is 0.889 bits per heavy atom. The fraction of sp³-hybridized carbons (Fsp3) is 0.0833. The van der Waals surface area contributed by atoms with Gasteiger partial charge in [0.15, 0.2) is 6.10 Å². The van der Waals surface area contributed by atoms with Gasteiger partial charge in [0.2, 0.25) is 0 Å². The molecule has 0 saturated heterocycles. The Morgan fingerprint density at radius 3 is 2.33 bits per heavy atom. The summed E-state index contributed by atoms with van der Waals surface area (Å²) in [6, 6.07) is 26.2. The fourth-order valence-electron chi connectivity index (χ4n) is 3.00. The minimum Gasteiger partial charge on any atom is -0.497 e. The zero-order valence-electron chi connectivity index (χ0n) is 14.8. The molecule has 0 spiro atoms. The first-order valence-electron chi connectivity index (χ1n) is 8.63. The third-order valence-corrected chi connectivity index (χ3v) is 5.46. The van der Waals surface area contributed by atoms with Crippen molar-refractivity contribution >= 4 is 31.9 Å². The van der Waals surface area contributed by atoms with Gasteiger partial charge in [0.25, 0.3) is 0 Å². The van der Waals surface area contributed by atoms with E-state index in [1.807, 2.05) is 60.7 Å². The minimum absolute atomic E-state index is 0.308. The molecule has 1 aliphatic rings. The zero-order chi connectivity index (χ0) is 18.6. The Kier molecular flexibility index (Phi) is 5.17. The maximum atomic E-state index is 6.36. The third kappa shape index (κ3) is 3.72. The maximum Gasteiger partial charge on any atom is 0.185 e. The summed E-state index contributed by atoms with van der Waals surface area (Å²) >= 11 is 2.36. The molecule has 0 amide bonds. The summed E-state index contributed by atoms with van der Waals surface area (Å²) in [5.74, 6) is 8.22. The molecule has 0 fully saturated rings. The van der Waals surface area contributed by atoms with Gasteiger partial charge in [-0.25, -0.2) is 0 Å². The monoisotopic (exact) mass is 464 g/mol. The van der Waals surface area contributed by atoms with Crippen molar-refractivity contribution in [2.45, 2.75) is 6.10 Å². The number of halogens is 1. The van der Waals surface area contributed by atoms with E-state index in [9.17, 15) is 0 Å². The van der Waals surface area contributed by atoms with E-state index >= 15 is 0 Å². The summed E-state index contributed by atoms with van der Waals surface area (Å²) in [6.07, 6.45) is -0.308. The largest absolute Gasteiger partial charge is 0.497 e. The summed E-state index contributed by atoms with van der Waals surface area (Å²) in [7, 11) is 1.67. The van der Waals surface area contributed by atoms with Crippen LogP contribution in [0.3, 0.4) is 0 Å². The van der Waals surface area contributed by atoms with Crippen LogP contribution in [-0.4, -0.2) is 7.11 Å². The number of ether oxygens (including phenoxy) is 2. The Balaban J connectivity index is 1.76. The number of fused-ring (bicyclic) bond motifs is 1. The molecule has 0 aliphatic carbocycles. The van der Waals surface area contributed by atoms with E-state index in [-0.39, 0.29) is 6.10 Å². The Hall–Kier alpha value is -2.71. The smallest absolute Gasteiger partial charge is 0.185 e. The highest BCUT2D eigenvalue weighted by atomic mass is 127. The molecule has 1 aliphatic heterocycles. The van der Waals surface area contributed by atoms with E-state index in [4.69, 9.17) is 9.47 Å². The van der Waals surface area contributed by atoms with Crippen LogP contribution in [0.25, 0.3) is 9.34 Å². The molecule has 3 aromatic carbocycles. The number of rotatable bonds is 2. The highest BCUT2D eigenvalue weighted by molar-refractivity contribution is 14.1. The second-order valence-corrected chi connectivity index (χ2v) is 7.17. The molecule has 0 N–H and O–H groups in total. The van der Waals surface area contributed by atoms with Crippen LogP contribution < -0.4 is 4.74 Å². The highest BCUT2D eigenvalue weighted by Gasteiger charge is 2.26. The average molecular weight is 464 g/mol. The summed E-state index contributed by atoms with van der Waals surface area (Å²) in [4.78, 5) is 0. The van der Waals surface area contributed by atoms with Gasteiger partial charge in [0.1, 0.15) is 11.5 Å². The molecule has 1 heterocycles. The van der Waals surface area contributed by atoms with E-state index in [2.05, 4.69) is 52.6 Å². The van der Waals surface area contributed by atoms with Crippen molar-refractivity contribution < 1.29 is 9.47 Å². The second-order valence-electron chi connectivity index (χ2n) is 6.09. The molecule has 0 radical (unpaired) electrons. The van der Waals surface area contributed by atoms with Crippen LogP contribution in [0.5, 0.6) is 5.75 Å². The van der Waals surface area contributed by atoms with Crippen molar-refractivity contribution in [2.24, 2.45) is 0 Å². The lowest BCUT2D eigenvalue weighted by Crippen LogP contribution is -2.10. The molecule has 132 valence electrons. The van der Waals surface area contributed by atoms with E-state index in [0.717, 1.165) is 31.8 Å². The first-order chi connectivity index (χ1) is 13.3. The van der Waals surface area contributed by atoms with Crippen LogP contribution in [0.2, 0.25) is 0 Å². The molecule has 3 heteroatoms. The predicted octanol–water partition coefficient (Wildman–Crippen LogP) is 6.08. The number of methoxy groups -OCH3 is 1. The standard InChI is InChI=1S/C24H17IO2/c1-26-19-14-12-18(13-15-19)24-23(25)21-10-6-5-9-20(21)22(27-24)16-11-17-7-3-2-4-8-17/h2-10,12-15,22H,1H3. The normalized spacial score (nSPS) is 15.3. The van der Waals surface area contributed by atoms with Gasteiger partial charge in [-0.15, -0.1) is 0 Å². The number of benzene rings is 3. The summed E-state index contributed by atoms with van der Waals surface area (Å²) in [5.41, 5.74) is 4.26. The lowest BCUT2D eigenvalue weighted by atomic mass is 9.97. The van der Waals surface area contributed by atoms with Crippen LogP contribution in [-0.2, 0) is 4.74 Å². The quantitative estimate of drug-likeness (QED) is 0.338. The third-order valence-electron chi connectivity index (χ3n) is 4.39. The van der Waals surface area contributed by atoms with Crippen molar-refractivity contribution in [3.8, 4) is 17.6 Å². The van der Waals surface area contributed by atoms with Gasteiger partial charge >= 0.3 is 0 Å². The molecule has 1 unspecified atom stereocenters. The Morgan fingerprint density at radius 2 is 1.59 bits per heavy atom. The van der Waals surface area contributed by atoms with Crippen molar-refractivity contribution in [3.05, 3.63) is 101 Å². The first kappa shape index (κ1) is 17.7. The SMILES string of the molecule is COc1ccc(C2=C(I)c3ccccc3C(C#Cc3ccccc3)O2)cc1. The van der Waals surface area contributed by atoms with Gasteiger partial charge in [-0.05, 0) is 70.5 Å². The summed E-state index contributed by atoms with van der Waals surface area (Å²) in [6.45, 7) is 0. The molecule has 0 bridgehead atoms. The molecular formula is C24H17IO2. The van der Waals surface area contributed by atoms with Gasteiger partial charge in [0.05, 0.1) is 10.7 Å². The molecular weight excluding hydrogens is 447 g/mol. The second kappa shape index (κ2) is 7.89. The average Bonchev–Trinajstić information content (AvgIpc) is 2.74. The van der Waals surface area contributed by atoms with Gasteiger partial charge in [-0.3, -0.25) is 0 Å². The minimum atomic E-state index is -0.308. The van der Waals surface area contributed by atoms with Crippen molar-refractivity contribution in [2.75, 3.05) is 7.11 Å². The summed E-state index contributed by atoms with van der Waals surface area (Å²) < 4.78 is 12.7. The predicted molar refractivity (Wildman–Crippen MR) is 117 cm³/mol. The van der Waals surface area contributed by atoms with Crippen LogP contribution in [0.15, 0.2) is 78.9 Å². The Bertz CT molecular complexity index is 1040. The van der Waals surface area contributed by atoms with Crippen molar-refractivity contribution in [3.63, 3.8) is 0 Å².